The number of aryl methyl sites for hydroxylation is 1. The number of fused-ring (bicyclic) bond motifs is 1. The maximum Gasteiger partial charge on any atom is 0.182 e. The van der Waals surface area contributed by atoms with Gasteiger partial charge in [-0.1, -0.05) is 13.0 Å². The smallest absolute Gasteiger partial charge is 0.182 e. The van der Waals surface area contributed by atoms with Gasteiger partial charge in [-0.3, -0.25) is 0 Å². The van der Waals surface area contributed by atoms with E-state index in [9.17, 15) is 4.79 Å². The molecule has 0 aliphatic carbocycles. The summed E-state index contributed by atoms with van der Waals surface area (Å²) in [6, 6.07) is 3.72. The van der Waals surface area contributed by atoms with E-state index in [0.29, 0.717) is 17.5 Å². The van der Waals surface area contributed by atoms with Gasteiger partial charge in [0.05, 0.1) is 0 Å². The van der Waals surface area contributed by atoms with Gasteiger partial charge in [-0.25, -0.2) is 14.6 Å². The van der Waals surface area contributed by atoms with Crippen molar-refractivity contribution in [3.8, 4) is 5.69 Å². The zero-order valence-electron chi connectivity index (χ0n) is 10.4. The van der Waals surface area contributed by atoms with Crippen LogP contribution in [0.3, 0.4) is 0 Å². The summed E-state index contributed by atoms with van der Waals surface area (Å²) >= 11 is 0. The standard InChI is InChI=1S/C13H12N4O2/c1-2-11-14-7-17(16-11)10-4-3-9(5-6-18)12-13(10)19-8-15-12/h3-4,6-8H,2,5H2,1H3. The van der Waals surface area contributed by atoms with Crippen LogP contribution >= 0.6 is 0 Å². The number of hydrogen-bond donors (Lipinski definition) is 0. The van der Waals surface area contributed by atoms with Crippen molar-refractivity contribution in [2.24, 2.45) is 0 Å². The lowest BCUT2D eigenvalue weighted by molar-refractivity contribution is -0.107. The van der Waals surface area contributed by atoms with E-state index in [4.69, 9.17) is 4.42 Å². The van der Waals surface area contributed by atoms with Crippen LogP contribution < -0.4 is 0 Å². The molecule has 0 unspecified atom stereocenters. The van der Waals surface area contributed by atoms with Gasteiger partial charge in [0.2, 0.25) is 0 Å². The van der Waals surface area contributed by atoms with Gasteiger partial charge in [0.1, 0.15) is 23.8 Å². The molecule has 0 saturated heterocycles. The second-order valence-electron chi connectivity index (χ2n) is 4.10. The summed E-state index contributed by atoms with van der Waals surface area (Å²) in [5.41, 5.74) is 2.93. The number of oxazole rings is 1. The van der Waals surface area contributed by atoms with Crippen LogP contribution in [0, 0.1) is 0 Å². The van der Waals surface area contributed by atoms with Gasteiger partial charge in [-0.15, -0.1) is 0 Å². The second-order valence-corrected chi connectivity index (χ2v) is 4.10. The highest BCUT2D eigenvalue weighted by Gasteiger charge is 2.13. The molecule has 96 valence electrons. The lowest BCUT2D eigenvalue weighted by atomic mass is 10.1. The van der Waals surface area contributed by atoms with Gasteiger partial charge in [-0.05, 0) is 11.6 Å². The maximum absolute atomic E-state index is 10.7. The molecule has 0 bridgehead atoms. The van der Waals surface area contributed by atoms with E-state index in [0.717, 1.165) is 29.8 Å². The Morgan fingerprint density at radius 1 is 1.37 bits per heavy atom. The predicted molar refractivity (Wildman–Crippen MR) is 68.1 cm³/mol. The van der Waals surface area contributed by atoms with E-state index in [2.05, 4.69) is 15.1 Å². The molecule has 1 aromatic carbocycles. The average molecular weight is 256 g/mol. The fraction of sp³-hybridized carbons (Fsp3) is 0.231. The monoisotopic (exact) mass is 256 g/mol. The van der Waals surface area contributed by atoms with Gasteiger partial charge in [0, 0.05) is 12.8 Å². The van der Waals surface area contributed by atoms with E-state index in [1.54, 1.807) is 11.0 Å². The summed E-state index contributed by atoms with van der Waals surface area (Å²) in [7, 11) is 0. The van der Waals surface area contributed by atoms with Gasteiger partial charge < -0.3 is 9.21 Å². The highest BCUT2D eigenvalue weighted by Crippen LogP contribution is 2.24. The summed E-state index contributed by atoms with van der Waals surface area (Å²) in [6.07, 6.45) is 4.97. The lowest BCUT2D eigenvalue weighted by Crippen LogP contribution is -1.98. The van der Waals surface area contributed by atoms with Crippen molar-refractivity contribution >= 4 is 17.4 Å². The summed E-state index contributed by atoms with van der Waals surface area (Å²) in [5, 5.41) is 4.35. The molecule has 0 saturated carbocycles. The molecule has 0 aliphatic heterocycles. The van der Waals surface area contributed by atoms with Crippen LogP contribution in [-0.4, -0.2) is 26.0 Å². The van der Waals surface area contributed by atoms with Crippen molar-refractivity contribution < 1.29 is 9.21 Å². The number of nitrogens with zero attached hydrogens (tertiary/aromatic N) is 4. The first-order valence-electron chi connectivity index (χ1n) is 6.03. The largest absolute Gasteiger partial charge is 0.441 e. The molecule has 6 nitrogen and oxygen atoms in total. The minimum Gasteiger partial charge on any atom is -0.441 e. The first-order valence-corrected chi connectivity index (χ1v) is 6.03. The molecule has 0 spiro atoms. The molecule has 0 aliphatic rings. The molecule has 0 N–H and O–H groups in total. The summed E-state index contributed by atoms with van der Waals surface area (Å²) in [5.74, 6) is 0.768. The minimum atomic E-state index is 0.320. The molecule has 2 aromatic heterocycles. The van der Waals surface area contributed by atoms with Crippen LogP contribution in [0.1, 0.15) is 18.3 Å². The highest BCUT2D eigenvalue weighted by molar-refractivity contribution is 5.85. The van der Waals surface area contributed by atoms with Gasteiger partial charge in [0.25, 0.3) is 0 Å². The Balaban J connectivity index is 2.17. The topological polar surface area (TPSA) is 73.8 Å². The SMILES string of the molecule is CCc1ncn(-c2ccc(CC=O)c3ncoc23)n1. The molecule has 6 heteroatoms. The number of aldehydes is 1. The number of aromatic nitrogens is 4. The van der Waals surface area contributed by atoms with Crippen LogP contribution in [0.5, 0.6) is 0 Å². The van der Waals surface area contributed by atoms with Crippen molar-refractivity contribution in [2.45, 2.75) is 19.8 Å². The zero-order valence-corrected chi connectivity index (χ0v) is 10.4. The number of rotatable bonds is 4. The quantitative estimate of drug-likeness (QED) is 0.664. The Bertz CT molecular complexity index is 729. The Labute approximate surface area is 109 Å². The summed E-state index contributed by atoms with van der Waals surface area (Å²) in [6.45, 7) is 2.00. The number of carbonyl (C=O) groups is 1. The maximum atomic E-state index is 10.7. The van der Waals surface area contributed by atoms with Crippen LogP contribution in [0.2, 0.25) is 0 Å². The fourth-order valence-corrected chi connectivity index (χ4v) is 2.00. The van der Waals surface area contributed by atoms with Crippen molar-refractivity contribution in [1.82, 2.24) is 19.7 Å². The molecule has 2 heterocycles. The Morgan fingerprint density at radius 2 is 2.26 bits per heavy atom. The van der Waals surface area contributed by atoms with Crippen LogP contribution in [-0.2, 0) is 17.6 Å². The van der Waals surface area contributed by atoms with Gasteiger partial charge in [-0.2, -0.15) is 5.10 Å². The lowest BCUT2D eigenvalue weighted by Gasteiger charge is -2.03. The first-order chi connectivity index (χ1) is 9.33. The third-order valence-corrected chi connectivity index (χ3v) is 2.95. The number of carbonyl (C=O) groups excluding carboxylic acids is 1. The first kappa shape index (κ1) is 11.6. The molecule has 3 rings (SSSR count). The molecule has 3 aromatic rings. The van der Waals surface area contributed by atoms with Crippen LogP contribution in [0.15, 0.2) is 29.3 Å². The molecule has 0 atom stereocenters. The number of benzene rings is 1. The van der Waals surface area contributed by atoms with Crippen LogP contribution in [0.4, 0.5) is 0 Å². The fourth-order valence-electron chi connectivity index (χ4n) is 2.00. The normalized spacial score (nSPS) is 11.0. The minimum absolute atomic E-state index is 0.320. The third kappa shape index (κ3) is 1.91. The van der Waals surface area contributed by atoms with Gasteiger partial charge in [0.15, 0.2) is 17.8 Å². The van der Waals surface area contributed by atoms with Gasteiger partial charge >= 0.3 is 0 Å². The summed E-state index contributed by atoms with van der Waals surface area (Å²) < 4.78 is 7.08. The number of hydrogen-bond acceptors (Lipinski definition) is 5. The van der Waals surface area contributed by atoms with E-state index in [-0.39, 0.29) is 0 Å². The Hall–Kier alpha value is -2.50. The van der Waals surface area contributed by atoms with Crippen molar-refractivity contribution in [1.29, 1.82) is 0 Å². The molecule has 0 radical (unpaired) electrons. The van der Waals surface area contributed by atoms with E-state index in [1.165, 1.54) is 6.39 Å². The zero-order chi connectivity index (χ0) is 13.2. The van der Waals surface area contributed by atoms with Crippen LogP contribution in [0.25, 0.3) is 16.8 Å². The summed E-state index contributed by atoms with van der Waals surface area (Å²) in [4.78, 5) is 19.0. The highest BCUT2D eigenvalue weighted by atomic mass is 16.3. The molecular formula is C13H12N4O2. The molecule has 19 heavy (non-hydrogen) atoms. The third-order valence-electron chi connectivity index (χ3n) is 2.95. The Morgan fingerprint density at radius 3 is 3.00 bits per heavy atom. The van der Waals surface area contributed by atoms with E-state index >= 15 is 0 Å². The van der Waals surface area contributed by atoms with Crippen molar-refractivity contribution in [3.63, 3.8) is 0 Å². The van der Waals surface area contributed by atoms with E-state index < -0.39 is 0 Å². The second kappa shape index (κ2) is 4.64. The van der Waals surface area contributed by atoms with Crippen molar-refractivity contribution in [3.05, 3.63) is 36.2 Å². The van der Waals surface area contributed by atoms with Crippen molar-refractivity contribution in [2.75, 3.05) is 0 Å². The predicted octanol–water partition coefficient (Wildman–Crippen LogP) is 1.71. The average Bonchev–Trinajstić information content (AvgIpc) is 3.08. The Kier molecular flexibility index (Phi) is 2.83. The molecule has 0 fully saturated rings. The molecular weight excluding hydrogens is 244 g/mol. The van der Waals surface area contributed by atoms with E-state index in [1.807, 2.05) is 19.1 Å². The molecule has 0 amide bonds.